The van der Waals surface area contributed by atoms with Gasteiger partial charge in [0.2, 0.25) is 0 Å². The Morgan fingerprint density at radius 2 is 0.935 bits per heavy atom. The molecule has 0 rings (SSSR count). The van der Waals surface area contributed by atoms with Crippen molar-refractivity contribution in [1.29, 1.82) is 0 Å². The molecule has 264 valence electrons. The molecule has 0 aliphatic rings. The standard InChI is InChI=1S/C41H70O5/c1-3-5-7-9-11-13-15-17-19-20-22-23-25-27-29-31-33-35-40(43)45-38-39(37-42)46-41(44)36-34-32-30-28-26-24-21-18-16-14-12-10-8-6-4-2/h6,8,12,14,17-19,21,26,28,39,42H,3-5,7,9-11,13,15-16,20,22-25,27,29-38H2,1-2H3. The number of carbonyl (C=O) groups is 2. The van der Waals surface area contributed by atoms with Crippen molar-refractivity contribution in [2.75, 3.05) is 13.2 Å². The molecule has 0 saturated heterocycles. The molecule has 0 heterocycles. The molecule has 0 aromatic heterocycles. The Balaban J connectivity index is 3.65. The third-order valence-electron chi connectivity index (χ3n) is 7.80. The highest BCUT2D eigenvalue weighted by Gasteiger charge is 2.16. The summed E-state index contributed by atoms with van der Waals surface area (Å²) >= 11 is 0. The SMILES string of the molecule is CCC=CCC=CCC=CCC=CCCCCC(=O)OC(CO)COC(=O)CCCCCCCCCC=CCCCCCCCC. The zero-order chi connectivity index (χ0) is 33.6. The molecule has 46 heavy (non-hydrogen) atoms. The van der Waals surface area contributed by atoms with Gasteiger partial charge in [0, 0.05) is 12.8 Å². The zero-order valence-corrected chi connectivity index (χ0v) is 29.8. The lowest BCUT2D eigenvalue weighted by atomic mass is 10.1. The number of esters is 2. The van der Waals surface area contributed by atoms with E-state index in [9.17, 15) is 14.7 Å². The fraction of sp³-hybridized carbons (Fsp3) is 0.707. The molecule has 0 amide bonds. The van der Waals surface area contributed by atoms with E-state index in [2.05, 4.69) is 74.6 Å². The Labute approximate surface area is 283 Å². The van der Waals surface area contributed by atoms with Gasteiger partial charge >= 0.3 is 11.9 Å². The van der Waals surface area contributed by atoms with Crippen LogP contribution in [-0.4, -0.2) is 36.4 Å². The number of aliphatic hydroxyl groups excluding tert-OH is 1. The summed E-state index contributed by atoms with van der Waals surface area (Å²) in [7, 11) is 0. The van der Waals surface area contributed by atoms with Crippen LogP contribution < -0.4 is 0 Å². The maximum absolute atomic E-state index is 12.1. The summed E-state index contributed by atoms with van der Waals surface area (Å²) in [5.41, 5.74) is 0. The minimum absolute atomic E-state index is 0.0869. The van der Waals surface area contributed by atoms with Crippen LogP contribution in [0.5, 0.6) is 0 Å². The topological polar surface area (TPSA) is 72.8 Å². The van der Waals surface area contributed by atoms with Crippen LogP contribution in [0.3, 0.4) is 0 Å². The van der Waals surface area contributed by atoms with E-state index in [1.807, 2.05) is 0 Å². The number of hydrogen-bond donors (Lipinski definition) is 1. The second-order valence-electron chi connectivity index (χ2n) is 12.3. The number of aliphatic hydroxyl groups is 1. The van der Waals surface area contributed by atoms with Crippen LogP contribution >= 0.6 is 0 Å². The normalized spacial score (nSPS) is 12.8. The number of rotatable bonds is 33. The van der Waals surface area contributed by atoms with Crippen LogP contribution in [0.4, 0.5) is 0 Å². The first-order chi connectivity index (χ1) is 22.6. The predicted molar refractivity (Wildman–Crippen MR) is 196 cm³/mol. The second-order valence-corrected chi connectivity index (χ2v) is 12.3. The number of allylic oxidation sites excluding steroid dienone is 10. The van der Waals surface area contributed by atoms with E-state index in [1.54, 1.807) is 0 Å². The monoisotopic (exact) mass is 643 g/mol. The molecule has 0 aromatic rings. The first-order valence-electron chi connectivity index (χ1n) is 18.8. The van der Waals surface area contributed by atoms with Crippen molar-refractivity contribution >= 4 is 11.9 Å². The van der Waals surface area contributed by atoms with E-state index in [0.717, 1.165) is 64.2 Å². The van der Waals surface area contributed by atoms with Crippen molar-refractivity contribution < 1.29 is 24.2 Å². The maximum Gasteiger partial charge on any atom is 0.306 e. The molecule has 0 aliphatic carbocycles. The number of hydrogen-bond acceptors (Lipinski definition) is 5. The Morgan fingerprint density at radius 1 is 0.522 bits per heavy atom. The Hall–Kier alpha value is -2.40. The van der Waals surface area contributed by atoms with E-state index in [4.69, 9.17) is 9.47 Å². The van der Waals surface area contributed by atoms with Crippen molar-refractivity contribution in [3.05, 3.63) is 60.8 Å². The molecule has 0 bridgehead atoms. The molecule has 0 fully saturated rings. The van der Waals surface area contributed by atoms with Crippen LogP contribution in [0.15, 0.2) is 60.8 Å². The predicted octanol–water partition coefficient (Wildman–Crippen LogP) is 11.6. The van der Waals surface area contributed by atoms with Crippen molar-refractivity contribution in [3.8, 4) is 0 Å². The quantitative estimate of drug-likeness (QED) is 0.0438. The van der Waals surface area contributed by atoms with Gasteiger partial charge in [-0.05, 0) is 77.0 Å². The van der Waals surface area contributed by atoms with Crippen LogP contribution in [0, 0.1) is 0 Å². The van der Waals surface area contributed by atoms with Crippen molar-refractivity contribution in [3.63, 3.8) is 0 Å². The second kappa shape index (κ2) is 37.1. The van der Waals surface area contributed by atoms with Gasteiger partial charge in [0.1, 0.15) is 6.61 Å². The molecule has 1 N–H and O–H groups in total. The molecular formula is C41H70O5. The van der Waals surface area contributed by atoms with Gasteiger partial charge in [-0.1, -0.05) is 139 Å². The highest BCUT2D eigenvalue weighted by Crippen LogP contribution is 2.12. The van der Waals surface area contributed by atoms with E-state index < -0.39 is 6.10 Å². The lowest BCUT2D eigenvalue weighted by Gasteiger charge is -2.15. The van der Waals surface area contributed by atoms with Gasteiger partial charge in [-0.25, -0.2) is 0 Å². The molecule has 1 unspecified atom stereocenters. The summed E-state index contributed by atoms with van der Waals surface area (Å²) in [6.45, 7) is 3.97. The lowest BCUT2D eigenvalue weighted by Crippen LogP contribution is -2.28. The molecule has 0 saturated carbocycles. The van der Waals surface area contributed by atoms with Crippen LogP contribution in [0.25, 0.3) is 0 Å². The Morgan fingerprint density at radius 3 is 1.48 bits per heavy atom. The zero-order valence-electron chi connectivity index (χ0n) is 29.8. The molecule has 0 aromatic carbocycles. The number of carbonyl (C=O) groups excluding carboxylic acids is 2. The van der Waals surface area contributed by atoms with E-state index >= 15 is 0 Å². The third-order valence-corrected chi connectivity index (χ3v) is 7.80. The van der Waals surface area contributed by atoms with Gasteiger partial charge in [0.15, 0.2) is 6.10 Å². The summed E-state index contributed by atoms with van der Waals surface area (Å²) < 4.78 is 10.6. The van der Waals surface area contributed by atoms with E-state index in [1.165, 1.54) is 77.0 Å². The first-order valence-corrected chi connectivity index (χ1v) is 18.8. The van der Waals surface area contributed by atoms with Gasteiger partial charge < -0.3 is 14.6 Å². The Bertz CT molecular complexity index is 823. The molecule has 0 spiro atoms. The average molecular weight is 643 g/mol. The summed E-state index contributed by atoms with van der Waals surface area (Å²) in [5.74, 6) is -0.649. The lowest BCUT2D eigenvalue weighted by molar-refractivity contribution is -0.161. The van der Waals surface area contributed by atoms with E-state index in [0.29, 0.717) is 12.8 Å². The minimum atomic E-state index is -0.795. The van der Waals surface area contributed by atoms with Crippen LogP contribution in [0.2, 0.25) is 0 Å². The summed E-state index contributed by atoms with van der Waals surface area (Å²) in [6, 6.07) is 0. The van der Waals surface area contributed by atoms with Crippen molar-refractivity contribution in [1.82, 2.24) is 0 Å². The maximum atomic E-state index is 12.1. The minimum Gasteiger partial charge on any atom is -0.462 e. The van der Waals surface area contributed by atoms with Gasteiger partial charge in [0.05, 0.1) is 6.61 Å². The van der Waals surface area contributed by atoms with Gasteiger partial charge in [0.25, 0.3) is 0 Å². The van der Waals surface area contributed by atoms with Crippen LogP contribution in [0.1, 0.15) is 168 Å². The molecule has 5 nitrogen and oxygen atoms in total. The molecule has 0 radical (unpaired) electrons. The average Bonchev–Trinajstić information content (AvgIpc) is 3.06. The summed E-state index contributed by atoms with van der Waals surface area (Å²) in [6.07, 6.45) is 47.1. The fourth-order valence-electron chi connectivity index (χ4n) is 4.95. The Kier molecular flexibility index (Phi) is 35.1. The van der Waals surface area contributed by atoms with Gasteiger partial charge in [-0.2, -0.15) is 0 Å². The third kappa shape index (κ3) is 34.5. The van der Waals surface area contributed by atoms with Gasteiger partial charge in [-0.15, -0.1) is 0 Å². The first kappa shape index (κ1) is 43.6. The molecule has 5 heteroatoms. The highest BCUT2D eigenvalue weighted by atomic mass is 16.6. The molecule has 0 aliphatic heterocycles. The molecule has 1 atom stereocenters. The molecular weight excluding hydrogens is 572 g/mol. The summed E-state index contributed by atoms with van der Waals surface area (Å²) in [4.78, 5) is 24.2. The van der Waals surface area contributed by atoms with Crippen molar-refractivity contribution in [2.24, 2.45) is 0 Å². The highest BCUT2D eigenvalue weighted by molar-refractivity contribution is 5.70. The summed E-state index contributed by atoms with van der Waals surface area (Å²) in [5, 5.41) is 9.53. The smallest absolute Gasteiger partial charge is 0.306 e. The van der Waals surface area contributed by atoms with Crippen LogP contribution in [-0.2, 0) is 19.1 Å². The largest absolute Gasteiger partial charge is 0.462 e. The number of unbranched alkanes of at least 4 members (excludes halogenated alkanes) is 15. The van der Waals surface area contributed by atoms with Gasteiger partial charge in [-0.3, -0.25) is 9.59 Å². The number of ether oxygens (including phenoxy) is 2. The van der Waals surface area contributed by atoms with Crippen molar-refractivity contribution in [2.45, 2.75) is 174 Å². The fourth-order valence-corrected chi connectivity index (χ4v) is 4.95. The van der Waals surface area contributed by atoms with E-state index in [-0.39, 0.29) is 25.2 Å².